The highest BCUT2D eigenvalue weighted by Crippen LogP contribution is 2.15. The Morgan fingerprint density at radius 3 is 2.82 bits per heavy atom. The number of amides is 1. The molecule has 0 aliphatic rings. The van der Waals surface area contributed by atoms with Gasteiger partial charge in [0.1, 0.15) is 0 Å². The Balaban J connectivity index is 1.71. The van der Waals surface area contributed by atoms with E-state index in [2.05, 4.69) is 27.4 Å². The number of aryl methyl sites for hydroxylation is 1. The van der Waals surface area contributed by atoms with Crippen molar-refractivity contribution in [2.24, 2.45) is 0 Å². The standard InChI is InChI=1S/C18H17N3O/c1-13-16(11-15-12-19-9-8-17(15)21-13)18(22)20-10-7-14-5-3-2-4-6-14/h2-6,8-9,11-12H,7,10H2,1H3,(H,20,22). The van der Waals surface area contributed by atoms with Gasteiger partial charge in [-0.05, 0) is 31.0 Å². The number of rotatable bonds is 4. The zero-order valence-electron chi connectivity index (χ0n) is 12.4. The van der Waals surface area contributed by atoms with Crippen LogP contribution in [-0.4, -0.2) is 22.4 Å². The second kappa shape index (κ2) is 6.35. The number of carbonyl (C=O) groups excluding carboxylic acids is 1. The van der Waals surface area contributed by atoms with Gasteiger partial charge in [-0.15, -0.1) is 0 Å². The molecule has 110 valence electrons. The second-order valence-corrected chi connectivity index (χ2v) is 5.18. The Bertz CT molecular complexity index is 800. The molecule has 4 nitrogen and oxygen atoms in total. The van der Waals surface area contributed by atoms with E-state index in [1.54, 1.807) is 12.4 Å². The van der Waals surface area contributed by atoms with Crippen LogP contribution in [0.3, 0.4) is 0 Å². The van der Waals surface area contributed by atoms with Gasteiger partial charge in [-0.25, -0.2) is 0 Å². The Kier molecular flexibility index (Phi) is 4.10. The summed E-state index contributed by atoms with van der Waals surface area (Å²) in [6.07, 6.45) is 4.24. The summed E-state index contributed by atoms with van der Waals surface area (Å²) < 4.78 is 0. The predicted octanol–water partition coefficient (Wildman–Crippen LogP) is 2.91. The summed E-state index contributed by atoms with van der Waals surface area (Å²) in [4.78, 5) is 20.9. The lowest BCUT2D eigenvalue weighted by Gasteiger charge is -2.08. The summed E-state index contributed by atoms with van der Waals surface area (Å²) in [5, 5.41) is 3.83. The van der Waals surface area contributed by atoms with Crippen LogP contribution in [0.25, 0.3) is 10.9 Å². The maximum Gasteiger partial charge on any atom is 0.253 e. The third kappa shape index (κ3) is 3.11. The van der Waals surface area contributed by atoms with Gasteiger partial charge < -0.3 is 5.32 Å². The molecule has 0 aliphatic heterocycles. The lowest BCUT2D eigenvalue weighted by Crippen LogP contribution is -2.26. The van der Waals surface area contributed by atoms with Crippen LogP contribution in [0.5, 0.6) is 0 Å². The number of benzene rings is 1. The minimum Gasteiger partial charge on any atom is -0.352 e. The van der Waals surface area contributed by atoms with Crippen molar-refractivity contribution >= 4 is 16.8 Å². The SMILES string of the molecule is Cc1nc2ccncc2cc1C(=O)NCCc1ccccc1. The molecular weight excluding hydrogens is 274 g/mol. The molecule has 22 heavy (non-hydrogen) atoms. The molecule has 3 rings (SSSR count). The van der Waals surface area contributed by atoms with E-state index in [0.29, 0.717) is 12.1 Å². The van der Waals surface area contributed by atoms with E-state index < -0.39 is 0 Å². The lowest BCUT2D eigenvalue weighted by atomic mass is 10.1. The third-order valence-electron chi connectivity index (χ3n) is 3.59. The van der Waals surface area contributed by atoms with E-state index in [0.717, 1.165) is 23.0 Å². The minimum atomic E-state index is -0.0910. The van der Waals surface area contributed by atoms with Gasteiger partial charge >= 0.3 is 0 Å². The van der Waals surface area contributed by atoms with Crippen LogP contribution in [0.2, 0.25) is 0 Å². The fraction of sp³-hybridized carbons (Fsp3) is 0.167. The first-order valence-corrected chi connectivity index (χ1v) is 7.27. The van der Waals surface area contributed by atoms with Gasteiger partial charge in [0.25, 0.3) is 5.91 Å². The number of fused-ring (bicyclic) bond motifs is 1. The molecule has 0 atom stereocenters. The van der Waals surface area contributed by atoms with Gasteiger partial charge in [-0.3, -0.25) is 14.8 Å². The second-order valence-electron chi connectivity index (χ2n) is 5.18. The quantitative estimate of drug-likeness (QED) is 0.804. The Morgan fingerprint density at radius 1 is 1.18 bits per heavy atom. The van der Waals surface area contributed by atoms with E-state index in [1.807, 2.05) is 37.3 Å². The summed E-state index contributed by atoms with van der Waals surface area (Å²) in [6.45, 7) is 2.46. The Morgan fingerprint density at radius 2 is 2.00 bits per heavy atom. The molecule has 0 radical (unpaired) electrons. The van der Waals surface area contributed by atoms with Gasteiger partial charge in [0, 0.05) is 24.3 Å². The number of aromatic nitrogens is 2. The van der Waals surface area contributed by atoms with Crippen LogP contribution in [0, 0.1) is 6.92 Å². The average Bonchev–Trinajstić information content (AvgIpc) is 2.55. The molecule has 1 amide bonds. The summed E-state index contributed by atoms with van der Waals surface area (Å²) in [5.74, 6) is -0.0910. The van der Waals surface area contributed by atoms with Crippen LogP contribution >= 0.6 is 0 Å². The molecule has 3 aromatic rings. The van der Waals surface area contributed by atoms with Gasteiger partial charge in [0.05, 0.1) is 16.8 Å². The van der Waals surface area contributed by atoms with Gasteiger partial charge in [0.15, 0.2) is 0 Å². The molecule has 0 unspecified atom stereocenters. The number of hydrogen-bond acceptors (Lipinski definition) is 3. The Hall–Kier alpha value is -2.75. The number of carbonyl (C=O) groups is 1. The predicted molar refractivity (Wildman–Crippen MR) is 86.8 cm³/mol. The molecule has 2 heterocycles. The summed E-state index contributed by atoms with van der Waals surface area (Å²) in [5.41, 5.74) is 3.40. The van der Waals surface area contributed by atoms with Crippen LogP contribution < -0.4 is 5.32 Å². The Labute approximate surface area is 129 Å². The first kappa shape index (κ1) is 14.2. The van der Waals surface area contributed by atoms with Crippen LogP contribution in [0.4, 0.5) is 0 Å². The highest BCUT2D eigenvalue weighted by molar-refractivity contribution is 5.98. The van der Waals surface area contributed by atoms with Crippen molar-refractivity contribution in [3.63, 3.8) is 0 Å². The van der Waals surface area contributed by atoms with Gasteiger partial charge in [0.2, 0.25) is 0 Å². The van der Waals surface area contributed by atoms with E-state index in [-0.39, 0.29) is 5.91 Å². The van der Waals surface area contributed by atoms with Crippen LogP contribution in [0.15, 0.2) is 54.9 Å². The average molecular weight is 291 g/mol. The molecule has 0 saturated heterocycles. The molecule has 1 N–H and O–H groups in total. The first-order valence-electron chi connectivity index (χ1n) is 7.27. The highest BCUT2D eigenvalue weighted by Gasteiger charge is 2.11. The number of nitrogens with zero attached hydrogens (tertiary/aromatic N) is 2. The zero-order chi connectivity index (χ0) is 15.4. The van der Waals surface area contributed by atoms with Crippen molar-refractivity contribution in [1.82, 2.24) is 15.3 Å². The molecule has 0 fully saturated rings. The molecule has 0 saturated carbocycles. The van der Waals surface area contributed by atoms with Crippen molar-refractivity contribution in [2.45, 2.75) is 13.3 Å². The fourth-order valence-corrected chi connectivity index (χ4v) is 2.40. The maximum absolute atomic E-state index is 12.3. The maximum atomic E-state index is 12.3. The topological polar surface area (TPSA) is 54.9 Å². The van der Waals surface area contributed by atoms with E-state index in [1.165, 1.54) is 5.56 Å². The summed E-state index contributed by atoms with van der Waals surface area (Å²) in [7, 11) is 0. The molecule has 0 spiro atoms. The molecule has 1 aromatic carbocycles. The van der Waals surface area contributed by atoms with Crippen LogP contribution in [-0.2, 0) is 6.42 Å². The molecular formula is C18H17N3O. The monoisotopic (exact) mass is 291 g/mol. The van der Waals surface area contributed by atoms with Crippen molar-refractivity contribution in [3.05, 3.63) is 71.7 Å². The zero-order valence-corrected chi connectivity index (χ0v) is 12.4. The molecule has 0 aliphatic carbocycles. The highest BCUT2D eigenvalue weighted by atomic mass is 16.1. The smallest absolute Gasteiger partial charge is 0.253 e. The largest absolute Gasteiger partial charge is 0.352 e. The van der Waals surface area contributed by atoms with Crippen molar-refractivity contribution in [2.75, 3.05) is 6.54 Å². The van der Waals surface area contributed by atoms with Gasteiger partial charge in [-0.1, -0.05) is 30.3 Å². The third-order valence-corrected chi connectivity index (χ3v) is 3.59. The van der Waals surface area contributed by atoms with Gasteiger partial charge in [-0.2, -0.15) is 0 Å². The summed E-state index contributed by atoms with van der Waals surface area (Å²) >= 11 is 0. The van der Waals surface area contributed by atoms with Crippen LogP contribution in [0.1, 0.15) is 21.6 Å². The van der Waals surface area contributed by atoms with E-state index >= 15 is 0 Å². The molecule has 4 heteroatoms. The number of hydrogen-bond donors (Lipinski definition) is 1. The minimum absolute atomic E-state index is 0.0910. The molecule has 0 bridgehead atoms. The van der Waals surface area contributed by atoms with E-state index in [4.69, 9.17) is 0 Å². The van der Waals surface area contributed by atoms with Crippen molar-refractivity contribution in [1.29, 1.82) is 0 Å². The number of nitrogens with one attached hydrogen (secondary N) is 1. The van der Waals surface area contributed by atoms with Crippen molar-refractivity contribution in [3.8, 4) is 0 Å². The lowest BCUT2D eigenvalue weighted by molar-refractivity contribution is 0.0953. The van der Waals surface area contributed by atoms with E-state index in [9.17, 15) is 4.79 Å². The normalized spacial score (nSPS) is 10.6. The molecule has 2 aromatic heterocycles. The fourth-order valence-electron chi connectivity index (χ4n) is 2.40. The summed E-state index contributed by atoms with van der Waals surface area (Å²) in [6, 6.07) is 13.8. The first-order chi connectivity index (χ1) is 10.7. The van der Waals surface area contributed by atoms with Crippen molar-refractivity contribution < 1.29 is 4.79 Å². The number of pyridine rings is 2.